The van der Waals surface area contributed by atoms with Crippen LogP contribution in [0.5, 0.6) is 0 Å². The van der Waals surface area contributed by atoms with Crippen LogP contribution in [0.1, 0.15) is 93.6 Å². The Morgan fingerprint density at radius 1 is 0.500 bits per heavy atom. The van der Waals surface area contributed by atoms with E-state index >= 15 is 0 Å². The lowest BCUT2D eigenvalue weighted by Crippen LogP contribution is -2.74. The van der Waals surface area contributed by atoms with Gasteiger partial charge >= 0.3 is 0 Å². The van der Waals surface area contributed by atoms with E-state index < -0.39 is 0 Å². The van der Waals surface area contributed by atoms with Gasteiger partial charge in [0.2, 0.25) is 0 Å². The van der Waals surface area contributed by atoms with Gasteiger partial charge in [0.15, 0.2) is 0 Å². The highest BCUT2D eigenvalue weighted by Gasteiger charge is 2.62. The first-order valence-electron chi connectivity index (χ1n) is 20.0. The molecule has 4 aliphatic carbocycles. The first-order valence-corrected chi connectivity index (χ1v) is 20.0. The highest BCUT2D eigenvalue weighted by molar-refractivity contribution is 6.06. The van der Waals surface area contributed by atoms with E-state index in [1.54, 1.807) is 0 Å². The lowest BCUT2D eigenvalue weighted by Gasteiger charge is -2.68. The summed E-state index contributed by atoms with van der Waals surface area (Å²) in [6, 6.07) is 32.8. The third kappa shape index (κ3) is 4.07. The average molecular weight is 662 g/mol. The summed E-state index contributed by atoms with van der Waals surface area (Å²) < 4.78 is 20.9. The van der Waals surface area contributed by atoms with Crippen molar-refractivity contribution in [2.24, 2.45) is 23.7 Å². The summed E-state index contributed by atoms with van der Waals surface area (Å²) in [5, 5.41) is 5.01. The Kier molecular flexibility index (Phi) is 6.36. The number of morpholine rings is 1. The van der Waals surface area contributed by atoms with Crippen LogP contribution in [-0.2, 0) is 4.74 Å². The summed E-state index contributed by atoms with van der Waals surface area (Å²) >= 11 is 0. The fraction of sp³-hybridized carbons (Fsp3) is 0.478. The van der Waals surface area contributed by atoms with Crippen molar-refractivity contribution < 1.29 is 13.6 Å². The average Bonchev–Trinajstić information content (AvgIpc) is 3.74. The van der Waals surface area contributed by atoms with Crippen LogP contribution >= 0.6 is 0 Å². The SMILES string of the molecule is c1ccc2c(c1)oc1c(C3CCC4C(C3)OC3CC(c5cccc6c5oc5ccccc56)CC5C6CCCC7CCCC(C76)N4C35)cccc12. The maximum Gasteiger partial charge on any atom is 0.138 e. The molecule has 0 amide bonds. The number of hydrogen-bond acceptors (Lipinski definition) is 4. The van der Waals surface area contributed by atoms with Crippen molar-refractivity contribution in [3.05, 3.63) is 96.1 Å². The molecular weight excluding hydrogens is 615 g/mol. The first-order chi connectivity index (χ1) is 24.8. The quantitative estimate of drug-likeness (QED) is 0.185. The molecule has 254 valence electrons. The Labute approximate surface area is 294 Å². The highest BCUT2D eigenvalue weighted by Crippen LogP contribution is 2.61. The number of benzene rings is 4. The standard InChI is InChI=1S/C46H47NO3/c1-3-19-39-31(11-1)34-16-7-13-29(45(34)49-39)27-21-22-37-41(24-27)48-42-25-28(30-14-8-17-35-32-12-2-4-20-40(32)50-46(30)35)23-36-33-15-5-9-26-10-6-18-38(43(26)33)47(37)44(36)42/h1-4,7-8,11-14,16-17,19-20,26-28,33,36-38,41-44H,5-6,9-10,15,18,21-25H2. The Balaban J connectivity index is 0.944. The van der Waals surface area contributed by atoms with Crippen molar-refractivity contribution in [3.8, 4) is 0 Å². The molecule has 0 N–H and O–H groups in total. The maximum absolute atomic E-state index is 7.59. The van der Waals surface area contributed by atoms with E-state index in [1.165, 1.54) is 90.5 Å². The van der Waals surface area contributed by atoms with Gasteiger partial charge in [-0.1, -0.05) is 98.5 Å². The lowest BCUT2D eigenvalue weighted by molar-refractivity contribution is -0.250. The van der Waals surface area contributed by atoms with Gasteiger partial charge in [0.05, 0.1) is 12.2 Å². The van der Waals surface area contributed by atoms with Gasteiger partial charge in [-0.15, -0.1) is 0 Å². The fourth-order valence-electron chi connectivity index (χ4n) is 13.4. The number of rotatable bonds is 2. The van der Waals surface area contributed by atoms with Gasteiger partial charge in [0, 0.05) is 39.7 Å². The minimum absolute atomic E-state index is 0.275. The molecule has 4 heterocycles. The van der Waals surface area contributed by atoms with Gasteiger partial charge in [-0.25, -0.2) is 0 Å². The molecule has 2 aliphatic heterocycles. The van der Waals surface area contributed by atoms with E-state index in [0.29, 0.717) is 29.8 Å². The molecule has 6 aromatic rings. The number of piperidine rings is 1. The summed E-state index contributed by atoms with van der Waals surface area (Å²) in [6.07, 6.45) is 15.1. The van der Waals surface area contributed by atoms with Crippen LogP contribution in [0, 0.1) is 23.7 Å². The molecule has 50 heavy (non-hydrogen) atoms. The van der Waals surface area contributed by atoms with Gasteiger partial charge in [0.25, 0.3) is 0 Å². The van der Waals surface area contributed by atoms with Crippen LogP contribution in [0.15, 0.2) is 93.8 Å². The molecule has 4 heteroatoms. The molecule has 0 spiro atoms. The first kappa shape index (κ1) is 29.0. The van der Waals surface area contributed by atoms with E-state index in [2.05, 4.69) is 89.8 Å². The monoisotopic (exact) mass is 661 g/mol. The molecule has 2 aromatic heterocycles. The number of fused-ring (bicyclic) bond motifs is 10. The van der Waals surface area contributed by atoms with Crippen molar-refractivity contribution in [3.63, 3.8) is 0 Å². The number of hydrogen-bond donors (Lipinski definition) is 0. The van der Waals surface area contributed by atoms with E-state index in [4.69, 9.17) is 13.6 Å². The molecule has 6 aliphatic rings. The van der Waals surface area contributed by atoms with Crippen LogP contribution < -0.4 is 0 Å². The molecule has 4 saturated carbocycles. The molecule has 12 rings (SSSR count). The van der Waals surface area contributed by atoms with Crippen LogP contribution in [0.2, 0.25) is 0 Å². The lowest BCUT2D eigenvalue weighted by atomic mass is 9.52. The third-order valence-corrected chi connectivity index (χ3v) is 15.1. The second-order valence-corrected chi connectivity index (χ2v) is 17.1. The van der Waals surface area contributed by atoms with Crippen LogP contribution in [-0.4, -0.2) is 35.2 Å². The minimum atomic E-state index is 0.275. The Morgan fingerprint density at radius 2 is 1.14 bits per heavy atom. The summed E-state index contributed by atoms with van der Waals surface area (Å²) in [5.41, 5.74) is 7.04. The van der Waals surface area contributed by atoms with E-state index in [0.717, 1.165) is 59.0 Å². The molecule has 0 bridgehead atoms. The molecule has 4 aromatic carbocycles. The van der Waals surface area contributed by atoms with Crippen LogP contribution in [0.3, 0.4) is 0 Å². The number of nitrogens with zero attached hydrogens (tertiary/aromatic N) is 1. The predicted octanol–water partition coefficient (Wildman–Crippen LogP) is 11.4. The maximum atomic E-state index is 7.59. The highest BCUT2D eigenvalue weighted by atomic mass is 16.5. The molecule has 6 fully saturated rings. The van der Waals surface area contributed by atoms with Gasteiger partial charge in [-0.05, 0) is 104 Å². The zero-order valence-corrected chi connectivity index (χ0v) is 28.9. The normalized spacial score (nSPS) is 36.8. The fourth-order valence-corrected chi connectivity index (χ4v) is 13.4. The van der Waals surface area contributed by atoms with Crippen molar-refractivity contribution >= 4 is 43.9 Å². The summed E-state index contributed by atoms with van der Waals surface area (Å²) in [4.78, 5) is 3.19. The second kappa shape index (κ2) is 11.0. The van der Waals surface area contributed by atoms with Crippen molar-refractivity contribution in [2.45, 2.75) is 113 Å². The summed E-state index contributed by atoms with van der Waals surface area (Å²) in [6.45, 7) is 0. The molecule has 11 unspecified atom stereocenters. The topological polar surface area (TPSA) is 38.8 Å². The predicted molar refractivity (Wildman–Crippen MR) is 200 cm³/mol. The smallest absolute Gasteiger partial charge is 0.138 e. The van der Waals surface area contributed by atoms with Gasteiger partial charge < -0.3 is 13.6 Å². The van der Waals surface area contributed by atoms with Gasteiger partial charge in [0.1, 0.15) is 22.3 Å². The molecule has 11 atom stereocenters. The van der Waals surface area contributed by atoms with Gasteiger partial charge in [-0.3, -0.25) is 4.90 Å². The molecule has 4 nitrogen and oxygen atoms in total. The molecule has 2 saturated heterocycles. The van der Waals surface area contributed by atoms with Crippen molar-refractivity contribution in [2.75, 3.05) is 0 Å². The minimum Gasteiger partial charge on any atom is -0.456 e. The van der Waals surface area contributed by atoms with Crippen molar-refractivity contribution in [1.29, 1.82) is 0 Å². The molecular formula is C46H47NO3. The van der Waals surface area contributed by atoms with Crippen molar-refractivity contribution in [1.82, 2.24) is 4.90 Å². The Bertz CT molecular complexity index is 2260. The van der Waals surface area contributed by atoms with E-state index in [9.17, 15) is 0 Å². The summed E-state index contributed by atoms with van der Waals surface area (Å²) in [5.74, 6) is 4.29. The van der Waals surface area contributed by atoms with Gasteiger partial charge in [-0.2, -0.15) is 0 Å². The van der Waals surface area contributed by atoms with Crippen LogP contribution in [0.25, 0.3) is 43.9 Å². The second-order valence-electron chi connectivity index (χ2n) is 17.1. The van der Waals surface area contributed by atoms with Crippen LogP contribution in [0.4, 0.5) is 0 Å². The number of para-hydroxylation sites is 4. The zero-order valence-electron chi connectivity index (χ0n) is 28.9. The number of ether oxygens (including phenoxy) is 1. The molecule has 0 radical (unpaired) electrons. The number of furan rings is 2. The Morgan fingerprint density at radius 3 is 1.88 bits per heavy atom. The summed E-state index contributed by atoms with van der Waals surface area (Å²) in [7, 11) is 0. The van der Waals surface area contributed by atoms with E-state index in [1.807, 2.05) is 0 Å². The third-order valence-electron chi connectivity index (χ3n) is 15.1. The Hall–Kier alpha value is -3.60. The zero-order chi connectivity index (χ0) is 32.5. The largest absolute Gasteiger partial charge is 0.456 e. The van der Waals surface area contributed by atoms with E-state index in [-0.39, 0.29) is 12.2 Å².